The minimum absolute atomic E-state index is 0.990. The molecule has 84 valence electrons. The lowest BCUT2D eigenvalue weighted by Crippen LogP contribution is -1.88. The van der Waals surface area contributed by atoms with Gasteiger partial charge >= 0.3 is 0 Å². The first-order valence-electron chi connectivity index (χ1n) is 5.15. The number of rotatable bonds is 4. The summed E-state index contributed by atoms with van der Waals surface area (Å²) in [7, 11) is 1.90. The molecule has 0 aliphatic rings. The van der Waals surface area contributed by atoms with Crippen LogP contribution in [0.3, 0.4) is 0 Å². The molecule has 0 saturated carbocycles. The normalized spacial score (nSPS) is 10.4. The van der Waals surface area contributed by atoms with Gasteiger partial charge in [0.05, 0.1) is 0 Å². The first-order valence-corrected chi connectivity index (χ1v) is 6.76. The van der Waals surface area contributed by atoms with E-state index in [4.69, 9.17) is 0 Å². The Bertz CT molecular complexity index is 468. The molecular weight excluding hydrogens is 284 g/mol. The van der Waals surface area contributed by atoms with E-state index < -0.39 is 0 Å². The first kappa shape index (κ1) is 11.6. The largest absolute Gasteiger partial charge is 0.365 e. The number of aryl methyl sites for hydroxylation is 2. The van der Waals surface area contributed by atoms with E-state index in [1.165, 1.54) is 10.4 Å². The van der Waals surface area contributed by atoms with Gasteiger partial charge in [0.2, 0.25) is 0 Å². The Kier molecular flexibility index (Phi) is 3.96. The molecule has 2 aromatic rings. The molecule has 0 bridgehead atoms. The minimum atomic E-state index is 0.990. The zero-order chi connectivity index (χ0) is 11.4. The number of thiazole rings is 1. The topological polar surface area (TPSA) is 24.9 Å². The molecule has 1 N–H and O–H groups in total. The van der Waals surface area contributed by atoms with Crippen molar-refractivity contribution >= 4 is 32.4 Å². The third-order valence-electron chi connectivity index (χ3n) is 2.32. The predicted molar refractivity (Wildman–Crippen MR) is 73.2 cm³/mol. The van der Waals surface area contributed by atoms with Crippen molar-refractivity contribution in [3.05, 3.63) is 45.4 Å². The van der Waals surface area contributed by atoms with Gasteiger partial charge in [0.1, 0.15) is 0 Å². The highest BCUT2D eigenvalue weighted by Gasteiger charge is 2.01. The van der Waals surface area contributed by atoms with Crippen molar-refractivity contribution < 1.29 is 0 Å². The summed E-state index contributed by atoms with van der Waals surface area (Å²) in [6, 6.07) is 8.45. The average molecular weight is 297 g/mol. The number of nitrogens with zero attached hydrogens (tertiary/aromatic N) is 1. The van der Waals surface area contributed by atoms with Gasteiger partial charge < -0.3 is 5.32 Å². The molecule has 0 aliphatic carbocycles. The van der Waals surface area contributed by atoms with Crippen molar-refractivity contribution in [3.63, 3.8) is 0 Å². The summed E-state index contributed by atoms with van der Waals surface area (Å²) in [6.45, 7) is 0. The molecule has 0 amide bonds. The van der Waals surface area contributed by atoms with Crippen LogP contribution in [0.2, 0.25) is 0 Å². The maximum Gasteiger partial charge on any atom is 0.182 e. The molecule has 0 fully saturated rings. The third-order valence-corrected chi connectivity index (χ3v) is 3.88. The van der Waals surface area contributed by atoms with Crippen LogP contribution < -0.4 is 5.32 Å². The second-order valence-corrected chi connectivity index (χ2v) is 5.54. The van der Waals surface area contributed by atoms with E-state index >= 15 is 0 Å². The summed E-state index contributed by atoms with van der Waals surface area (Å²) in [5, 5.41) is 4.04. The standard InChI is InChI=1S/C12H13BrN2S/c1-14-12-15-8-11(16-12)6-5-9-3-2-4-10(13)7-9/h2-4,7-8H,5-6H2,1H3,(H,14,15). The number of hydrogen-bond donors (Lipinski definition) is 1. The minimum Gasteiger partial charge on any atom is -0.365 e. The van der Waals surface area contributed by atoms with E-state index in [1.54, 1.807) is 11.3 Å². The second-order valence-electron chi connectivity index (χ2n) is 3.51. The number of anilines is 1. The van der Waals surface area contributed by atoms with E-state index in [0.29, 0.717) is 0 Å². The van der Waals surface area contributed by atoms with E-state index in [9.17, 15) is 0 Å². The molecule has 0 atom stereocenters. The van der Waals surface area contributed by atoms with Crippen LogP contribution in [0.15, 0.2) is 34.9 Å². The smallest absolute Gasteiger partial charge is 0.182 e. The van der Waals surface area contributed by atoms with Gasteiger partial charge in [-0.15, -0.1) is 11.3 Å². The summed E-state index contributed by atoms with van der Waals surface area (Å²) >= 11 is 5.21. The number of benzene rings is 1. The molecule has 0 saturated heterocycles. The summed E-state index contributed by atoms with van der Waals surface area (Å²) in [4.78, 5) is 5.59. The molecule has 4 heteroatoms. The van der Waals surface area contributed by atoms with Crippen molar-refractivity contribution in [1.29, 1.82) is 0 Å². The monoisotopic (exact) mass is 296 g/mol. The van der Waals surface area contributed by atoms with Crippen LogP contribution in [-0.2, 0) is 12.8 Å². The lowest BCUT2D eigenvalue weighted by molar-refractivity contribution is 0.975. The zero-order valence-corrected chi connectivity index (χ0v) is 11.4. The van der Waals surface area contributed by atoms with Crippen LogP contribution in [-0.4, -0.2) is 12.0 Å². The quantitative estimate of drug-likeness (QED) is 0.930. The molecular formula is C12H13BrN2S. The Balaban J connectivity index is 1.96. The van der Waals surface area contributed by atoms with Crippen molar-refractivity contribution in [3.8, 4) is 0 Å². The molecule has 1 aromatic carbocycles. The van der Waals surface area contributed by atoms with Gasteiger partial charge in [-0.2, -0.15) is 0 Å². The van der Waals surface area contributed by atoms with Gasteiger partial charge in [0.15, 0.2) is 5.13 Å². The number of hydrogen-bond acceptors (Lipinski definition) is 3. The molecule has 1 aromatic heterocycles. The fourth-order valence-corrected chi connectivity index (χ4v) is 2.71. The Morgan fingerprint density at radius 1 is 1.38 bits per heavy atom. The van der Waals surface area contributed by atoms with Crippen LogP contribution >= 0.6 is 27.3 Å². The average Bonchev–Trinajstić information content (AvgIpc) is 2.74. The first-order chi connectivity index (χ1) is 7.78. The lowest BCUT2D eigenvalue weighted by Gasteiger charge is -1.99. The fourth-order valence-electron chi connectivity index (χ4n) is 1.50. The highest BCUT2D eigenvalue weighted by atomic mass is 79.9. The van der Waals surface area contributed by atoms with Gasteiger partial charge in [-0.25, -0.2) is 4.98 Å². The van der Waals surface area contributed by atoms with Crippen molar-refractivity contribution in [2.24, 2.45) is 0 Å². The number of nitrogens with one attached hydrogen (secondary N) is 1. The molecule has 0 unspecified atom stereocenters. The van der Waals surface area contributed by atoms with Crippen LogP contribution in [0, 0.1) is 0 Å². The van der Waals surface area contributed by atoms with Crippen LogP contribution in [0.5, 0.6) is 0 Å². The SMILES string of the molecule is CNc1ncc(CCc2cccc(Br)c2)s1. The van der Waals surface area contributed by atoms with E-state index in [2.05, 4.69) is 50.5 Å². The maximum atomic E-state index is 4.26. The Morgan fingerprint density at radius 3 is 2.94 bits per heavy atom. The summed E-state index contributed by atoms with van der Waals surface area (Å²) < 4.78 is 1.14. The third kappa shape index (κ3) is 3.06. The molecule has 2 nitrogen and oxygen atoms in total. The highest BCUT2D eigenvalue weighted by molar-refractivity contribution is 9.10. The fraction of sp³-hybridized carbons (Fsp3) is 0.250. The van der Waals surface area contributed by atoms with Gasteiger partial charge in [-0.1, -0.05) is 28.1 Å². The van der Waals surface area contributed by atoms with Crippen LogP contribution in [0.4, 0.5) is 5.13 Å². The maximum absolute atomic E-state index is 4.26. The van der Waals surface area contributed by atoms with E-state index in [1.807, 2.05) is 13.2 Å². The van der Waals surface area contributed by atoms with Gasteiger partial charge in [-0.3, -0.25) is 0 Å². The van der Waals surface area contributed by atoms with Gasteiger partial charge in [0, 0.05) is 22.6 Å². The van der Waals surface area contributed by atoms with Crippen LogP contribution in [0.1, 0.15) is 10.4 Å². The number of halogens is 1. The Morgan fingerprint density at radius 2 is 2.25 bits per heavy atom. The zero-order valence-electron chi connectivity index (χ0n) is 9.03. The number of aromatic nitrogens is 1. The van der Waals surface area contributed by atoms with Crippen molar-refractivity contribution in [2.45, 2.75) is 12.8 Å². The Hall–Kier alpha value is -0.870. The molecule has 1 heterocycles. The second kappa shape index (κ2) is 5.46. The highest BCUT2D eigenvalue weighted by Crippen LogP contribution is 2.20. The van der Waals surface area contributed by atoms with Gasteiger partial charge in [-0.05, 0) is 30.5 Å². The van der Waals surface area contributed by atoms with E-state index in [-0.39, 0.29) is 0 Å². The van der Waals surface area contributed by atoms with Crippen molar-refractivity contribution in [2.75, 3.05) is 12.4 Å². The molecule has 2 rings (SSSR count). The molecule has 0 spiro atoms. The lowest BCUT2D eigenvalue weighted by atomic mass is 10.1. The molecule has 0 aliphatic heterocycles. The molecule has 0 radical (unpaired) electrons. The molecule has 16 heavy (non-hydrogen) atoms. The summed E-state index contributed by atoms with van der Waals surface area (Å²) in [5.41, 5.74) is 1.36. The van der Waals surface area contributed by atoms with Crippen molar-refractivity contribution in [1.82, 2.24) is 4.98 Å². The Labute approximate surface area is 108 Å². The van der Waals surface area contributed by atoms with Crippen LogP contribution in [0.25, 0.3) is 0 Å². The van der Waals surface area contributed by atoms with Gasteiger partial charge in [0.25, 0.3) is 0 Å². The van der Waals surface area contributed by atoms with E-state index in [0.717, 1.165) is 22.4 Å². The predicted octanol–water partition coefficient (Wildman–Crippen LogP) is 3.73. The summed E-state index contributed by atoms with van der Waals surface area (Å²) in [5.74, 6) is 0. The summed E-state index contributed by atoms with van der Waals surface area (Å²) in [6.07, 6.45) is 4.06.